The Morgan fingerprint density at radius 3 is 2.85 bits per heavy atom. The van der Waals surface area contributed by atoms with E-state index in [1.54, 1.807) is 0 Å². The van der Waals surface area contributed by atoms with Crippen molar-refractivity contribution in [1.29, 1.82) is 0 Å². The van der Waals surface area contributed by atoms with Gasteiger partial charge in [-0.15, -0.1) is 0 Å². The molecule has 1 aliphatic heterocycles. The zero-order valence-corrected chi connectivity index (χ0v) is 12.8. The zero-order chi connectivity index (χ0) is 14.8. The van der Waals surface area contributed by atoms with Gasteiger partial charge in [-0.1, -0.05) is 0 Å². The molecule has 0 amide bonds. The van der Waals surface area contributed by atoms with Crippen molar-refractivity contribution < 1.29 is 13.2 Å². The number of nitrogens with zero attached hydrogens (tertiary/aromatic N) is 3. The molecule has 0 aliphatic carbocycles. The second-order valence-corrected chi connectivity index (χ2v) is 6.72. The summed E-state index contributed by atoms with van der Waals surface area (Å²) in [6.45, 7) is 5.86. The third-order valence-electron chi connectivity index (χ3n) is 3.44. The number of hydrogen-bond donors (Lipinski definition) is 1. The number of nitrogens with two attached hydrogens (primary N) is 1. The average molecular weight is 302 g/mol. The van der Waals surface area contributed by atoms with Crippen molar-refractivity contribution in [2.24, 2.45) is 0 Å². The molecule has 1 aliphatic rings. The first-order valence-electron chi connectivity index (χ1n) is 6.93. The minimum absolute atomic E-state index is 0.0361. The van der Waals surface area contributed by atoms with Crippen molar-refractivity contribution in [2.45, 2.75) is 44.2 Å². The van der Waals surface area contributed by atoms with Gasteiger partial charge >= 0.3 is 0 Å². The molecule has 1 fully saturated rings. The highest BCUT2D eigenvalue weighted by Crippen LogP contribution is 2.25. The second kappa shape index (κ2) is 6.11. The summed E-state index contributed by atoms with van der Waals surface area (Å²) in [5.41, 5.74) is 5.73. The molecule has 20 heavy (non-hydrogen) atoms. The van der Waals surface area contributed by atoms with E-state index in [9.17, 15) is 8.42 Å². The fourth-order valence-electron chi connectivity index (χ4n) is 2.41. The van der Waals surface area contributed by atoms with Gasteiger partial charge in [0.1, 0.15) is 4.90 Å². The summed E-state index contributed by atoms with van der Waals surface area (Å²) in [6, 6.07) is 0. The van der Waals surface area contributed by atoms with Gasteiger partial charge in [0.05, 0.1) is 6.10 Å². The quantitative estimate of drug-likeness (QED) is 0.863. The van der Waals surface area contributed by atoms with Crippen LogP contribution in [-0.2, 0) is 21.3 Å². The largest absolute Gasteiger partial charge is 0.381 e. The van der Waals surface area contributed by atoms with Crippen molar-refractivity contribution in [1.82, 2.24) is 14.1 Å². The van der Waals surface area contributed by atoms with Gasteiger partial charge in [-0.3, -0.25) is 4.68 Å². The Labute approximate surface area is 119 Å². The van der Waals surface area contributed by atoms with E-state index in [1.807, 2.05) is 13.8 Å². The molecule has 114 valence electrons. The number of rotatable bonds is 5. The Kier molecular flexibility index (Phi) is 4.66. The molecule has 1 atom stereocenters. The molecule has 0 radical (unpaired) electrons. The van der Waals surface area contributed by atoms with E-state index < -0.39 is 10.0 Å². The molecule has 8 heteroatoms. The third kappa shape index (κ3) is 2.97. The number of hydrogen-bond acceptors (Lipinski definition) is 5. The van der Waals surface area contributed by atoms with Crippen LogP contribution < -0.4 is 5.73 Å². The molecule has 0 saturated carbocycles. The normalized spacial score (nSPS) is 21.2. The molecule has 1 aromatic heterocycles. The fourth-order valence-corrected chi connectivity index (χ4v) is 3.98. The molecule has 1 unspecified atom stereocenters. The van der Waals surface area contributed by atoms with Crippen LogP contribution in [0.1, 0.15) is 26.7 Å². The van der Waals surface area contributed by atoms with Crippen LogP contribution in [0.25, 0.3) is 0 Å². The lowest BCUT2D eigenvalue weighted by Crippen LogP contribution is -2.43. The summed E-state index contributed by atoms with van der Waals surface area (Å²) in [6.07, 6.45) is 3.15. The summed E-state index contributed by atoms with van der Waals surface area (Å²) >= 11 is 0. The second-order valence-electron chi connectivity index (χ2n) is 4.82. The summed E-state index contributed by atoms with van der Waals surface area (Å²) in [7, 11) is -3.59. The monoisotopic (exact) mass is 302 g/mol. The van der Waals surface area contributed by atoms with Crippen LogP contribution >= 0.6 is 0 Å². The maximum absolute atomic E-state index is 12.6. The number of nitrogen functional groups attached to an aromatic ring is 1. The highest BCUT2D eigenvalue weighted by atomic mass is 32.2. The molecule has 1 saturated heterocycles. The smallest absolute Gasteiger partial charge is 0.248 e. The van der Waals surface area contributed by atoms with Crippen LogP contribution in [0.15, 0.2) is 11.1 Å². The predicted octanol–water partition coefficient (Wildman–Crippen LogP) is 0.675. The lowest BCUT2D eigenvalue weighted by molar-refractivity contribution is 0.0265. The van der Waals surface area contributed by atoms with Gasteiger partial charge in [0.2, 0.25) is 10.0 Å². The summed E-state index contributed by atoms with van der Waals surface area (Å²) in [4.78, 5) is 0.0940. The Balaban J connectivity index is 2.22. The molecule has 0 bridgehead atoms. The lowest BCUT2D eigenvalue weighted by Gasteiger charge is -2.31. The molecular formula is C12H22N4O3S. The molecule has 2 N–H and O–H groups in total. The van der Waals surface area contributed by atoms with Gasteiger partial charge in [0, 0.05) is 32.4 Å². The number of aromatic nitrogens is 2. The van der Waals surface area contributed by atoms with Crippen LogP contribution in [-0.4, -0.2) is 48.3 Å². The van der Waals surface area contributed by atoms with E-state index >= 15 is 0 Å². The van der Waals surface area contributed by atoms with E-state index in [4.69, 9.17) is 10.5 Å². The van der Waals surface area contributed by atoms with Crippen LogP contribution in [0.4, 0.5) is 5.82 Å². The molecular weight excluding hydrogens is 280 g/mol. The average Bonchev–Trinajstić information content (AvgIpc) is 2.81. The van der Waals surface area contributed by atoms with E-state index in [1.165, 1.54) is 15.2 Å². The van der Waals surface area contributed by atoms with Crippen molar-refractivity contribution in [3.05, 3.63) is 6.20 Å². The van der Waals surface area contributed by atoms with Gasteiger partial charge in [-0.05, 0) is 26.7 Å². The van der Waals surface area contributed by atoms with Gasteiger partial charge in [0.25, 0.3) is 0 Å². The van der Waals surface area contributed by atoms with Crippen LogP contribution in [0.5, 0.6) is 0 Å². The Bertz CT molecular complexity index is 553. The molecule has 0 spiro atoms. The Hall–Kier alpha value is -1.12. The SMILES string of the molecule is CCOC1CCCN(S(=O)(=O)c2cn(CC)nc2N)C1. The van der Waals surface area contributed by atoms with Crippen molar-refractivity contribution in [2.75, 3.05) is 25.4 Å². The minimum atomic E-state index is -3.59. The molecule has 1 aromatic rings. The summed E-state index contributed by atoms with van der Waals surface area (Å²) < 4.78 is 33.8. The van der Waals surface area contributed by atoms with Gasteiger partial charge < -0.3 is 10.5 Å². The van der Waals surface area contributed by atoms with Gasteiger partial charge in [-0.25, -0.2) is 8.42 Å². The van der Waals surface area contributed by atoms with E-state index in [0.29, 0.717) is 26.2 Å². The molecule has 2 rings (SSSR count). The van der Waals surface area contributed by atoms with E-state index in [2.05, 4.69) is 5.10 Å². The highest BCUT2D eigenvalue weighted by Gasteiger charge is 2.33. The minimum Gasteiger partial charge on any atom is -0.381 e. The first-order valence-corrected chi connectivity index (χ1v) is 8.37. The topological polar surface area (TPSA) is 90.5 Å². The number of sulfonamides is 1. The predicted molar refractivity (Wildman–Crippen MR) is 75.7 cm³/mol. The van der Waals surface area contributed by atoms with Crippen molar-refractivity contribution in [3.63, 3.8) is 0 Å². The number of anilines is 1. The maximum atomic E-state index is 12.6. The first-order chi connectivity index (χ1) is 9.48. The van der Waals surface area contributed by atoms with Crippen LogP contribution in [0.3, 0.4) is 0 Å². The van der Waals surface area contributed by atoms with Crippen molar-refractivity contribution >= 4 is 15.8 Å². The zero-order valence-electron chi connectivity index (χ0n) is 11.9. The van der Waals surface area contributed by atoms with Gasteiger partial charge in [-0.2, -0.15) is 9.40 Å². The maximum Gasteiger partial charge on any atom is 0.248 e. The first kappa shape index (κ1) is 15.3. The highest BCUT2D eigenvalue weighted by molar-refractivity contribution is 7.89. The lowest BCUT2D eigenvalue weighted by atomic mass is 10.1. The van der Waals surface area contributed by atoms with E-state index in [0.717, 1.165) is 12.8 Å². The molecule has 0 aromatic carbocycles. The fraction of sp³-hybridized carbons (Fsp3) is 0.750. The standard InChI is InChI=1S/C12H22N4O3S/c1-3-15-9-11(12(13)14-15)20(17,18)16-7-5-6-10(8-16)19-4-2/h9-10H,3-8H2,1-2H3,(H2,13,14). The Morgan fingerprint density at radius 2 is 2.25 bits per heavy atom. The van der Waals surface area contributed by atoms with Gasteiger partial charge in [0.15, 0.2) is 5.82 Å². The van der Waals surface area contributed by atoms with Crippen LogP contribution in [0, 0.1) is 0 Å². The number of ether oxygens (including phenoxy) is 1. The number of piperidine rings is 1. The summed E-state index contributed by atoms with van der Waals surface area (Å²) in [5.74, 6) is 0.0605. The van der Waals surface area contributed by atoms with Crippen LogP contribution in [0.2, 0.25) is 0 Å². The van der Waals surface area contributed by atoms with Crippen molar-refractivity contribution in [3.8, 4) is 0 Å². The number of aryl methyl sites for hydroxylation is 1. The summed E-state index contributed by atoms with van der Waals surface area (Å²) in [5, 5.41) is 4.00. The molecule has 7 nitrogen and oxygen atoms in total. The van der Waals surface area contributed by atoms with E-state index in [-0.39, 0.29) is 16.8 Å². The Morgan fingerprint density at radius 1 is 1.50 bits per heavy atom. The third-order valence-corrected chi connectivity index (χ3v) is 5.32. The molecule has 2 heterocycles.